The molecule has 71 heavy (non-hydrogen) atoms. The minimum atomic E-state index is -1.51. The zero-order valence-electron chi connectivity index (χ0n) is 46.6. The third-order valence-electron chi connectivity index (χ3n) is 12.4. The second-order valence-electron chi connectivity index (χ2n) is 20.6. The van der Waals surface area contributed by atoms with E-state index in [0.717, 1.165) is 96.3 Å². The van der Waals surface area contributed by atoms with Gasteiger partial charge in [0.15, 0.2) is 6.10 Å². The van der Waals surface area contributed by atoms with Crippen LogP contribution in [0.4, 0.5) is 0 Å². The molecule has 0 rings (SSSR count). The van der Waals surface area contributed by atoms with E-state index in [4.69, 9.17) is 18.9 Å². The molecule has 0 aromatic heterocycles. The van der Waals surface area contributed by atoms with Crippen LogP contribution in [0.1, 0.15) is 245 Å². The van der Waals surface area contributed by atoms with Crippen LogP contribution in [0.5, 0.6) is 0 Å². The van der Waals surface area contributed by atoms with Crippen molar-refractivity contribution in [3.63, 3.8) is 0 Å². The molecule has 410 valence electrons. The molecule has 0 amide bonds. The maximum absolute atomic E-state index is 12.8. The van der Waals surface area contributed by atoms with Crippen molar-refractivity contribution < 1.29 is 42.9 Å². The van der Waals surface area contributed by atoms with Gasteiger partial charge in [0.25, 0.3) is 6.29 Å². The van der Waals surface area contributed by atoms with Gasteiger partial charge in [0.1, 0.15) is 13.2 Å². The van der Waals surface area contributed by atoms with Gasteiger partial charge in [-0.05, 0) is 77.0 Å². The lowest BCUT2D eigenvalue weighted by atomic mass is 10.0. The lowest BCUT2D eigenvalue weighted by Crippen LogP contribution is -2.40. The summed E-state index contributed by atoms with van der Waals surface area (Å²) in [5, 5.41) is 9.67. The van der Waals surface area contributed by atoms with E-state index in [1.165, 1.54) is 122 Å². The molecule has 0 aliphatic carbocycles. The Bertz CT molecular complexity index is 1390. The van der Waals surface area contributed by atoms with E-state index < -0.39 is 24.3 Å². The average molecular weight is 998 g/mol. The summed E-state index contributed by atoms with van der Waals surface area (Å²) in [4.78, 5) is 37.3. The van der Waals surface area contributed by atoms with Crippen LogP contribution in [0.3, 0.4) is 0 Å². The van der Waals surface area contributed by atoms with Gasteiger partial charge in [-0.25, -0.2) is 4.79 Å². The molecule has 0 spiro atoms. The molecule has 2 atom stereocenters. The zero-order chi connectivity index (χ0) is 52.0. The van der Waals surface area contributed by atoms with Crippen molar-refractivity contribution in [1.82, 2.24) is 0 Å². The fourth-order valence-electron chi connectivity index (χ4n) is 7.96. The van der Waals surface area contributed by atoms with Crippen molar-refractivity contribution in [3.05, 3.63) is 72.9 Å². The maximum atomic E-state index is 12.8. The van der Waals surface area contributed by atoms with E-state index in [1.54, 1.807) is 0 Å². The Morgan fingerprint density at radius 3 is 1.21 bits per heavy atom. The number of carboxylic acid groups (broad SMARTS) is 1. The van der Waals surface area contributed by atoms with Crippen LogP contribution in [0.15, 0.2) is 72.9 Å². The van der Waals surface area contributed by atoms with E-state index in [1.807, 2.05) is 21.1 Å². The number of quaternary nitrogens is 1. The molecule has 0 aliphatic rings. The first-order chi connectivity index (χ1) is 34.6. The molecule has 2 unspecified atom stereocenters. The Kier molecular flexibility index (Phi) is 50.6. The largest absolute Gasteiger partial charge is 0.477 e. The monoisotopic (exact) mass is 997 g/mol. The predicted molar refractivity (Wildman–Crippen MR) is 299 cm³/mol. The van der Waals surface area contributed by atoms with E-state index >= 15 is 0 Å². The Hall–Kier alpha value is -3.27. The van der Waals surface area contributed by atoms with E-state index in [9.17, 15) is 19.5 Å². The molecular formula is C62H110NO8+. The quantitative estimate of drug-likeness (QED) is 0.0211. The molecule has 0 aromatic rings. The number of nitrogens with zero attached hydrogens (tertiary/aromatic N) is 1. The molecule has 9 nitrogen and oxygen atoms in total. The van der Waals surface area contributed by atoms with Gasteiger partial charge in [-0.15, -0.1) is 0 Å². The lowest BCUT2D eigenvalue weighted by Gasteiger charge is -2.25. The molecule has 0 aliphatic heterocycles. The Morgan fingerprint density at radius 1 is 0.437 bits per heavy atom. The van der Waals surface area contributed by atoms with E-state index in [2.05, 4.69) is 86.8 Å². The van der Waals surface area contributed by atoms with Crippen molar-refractivity contribution in [1.29, 1.82) is 0 Å². The third kappa shape index (κ3) is 54.3. The number of carbonyl (C=O) groups is 3. The lowest BCUT2D eigenvalue weighted by molar-refractivity contribution is -0.870. The van der Waals surface area contributed by atoms with Crippen molar-refractivity contribution >= 4 is 17.9 Å². The summed E-state index contributed by atoms with van der Waals surface area (Å²) in [6.07, 6.45) is 65.8. The molecule has 0 saturated heterocycles. The maximum Gasteiger partial charge on any atom is 0.361 e. The first-order valence-electron chi connectivity index (χ1n) is 29.1. The third-order valence-corrected chi connectivity index (χ3v) is 12.4. The summed E-state index contributed by atoms with van der Waals surface area (Å²) in [7, 11) is 5.96. The van der Waals surface area contributed by atoms with Crippen LogP contribution in [-0.4, -0.2) is 87.4 Å². The molecule has 9 heteroatoms. The Labute approximate surface area is 437 Å². The minimum absolute atomic E-state index is 0.186. The summed E-state index contributed by atoms with van der Waals surface area (Å²) in [6, 6.07) is 0. The summed E-state index contributed by atoms with van der Waals surface area (Å²) in [6.45, 7) is 4.72. The van der Waals surface area contributed by atoms with Crippen LogP contribution < -0.4 is 0 Å². The van der Waals surface area contributed by atoms with Crippen LogP contribution in [-0.2, 0) is 33.3 Å². The average Bonchev–Trinajstić information content (AvgIpc) is 3.34. The number of esters is 2. The highest BCUT2D eigenvalue weighted by Crippen LogP contribution is 2.16. The predicted octanol–water partition coefficient (Wildman–Crippen LogP) is 17.0. The number of aliphatic carboxylic acids is 1. The van der Waals surface area contributed by atoms with E-state index in [-0.39, 0.29) is 32.2 Å². The number of carboxylic acids is 1. The van der Waals surface area contributed by atoms with E-state index in [0.29, 0.717) is 17.4 Å². The standard InChI is InChI=1S/C62H109NO8/c1-6-8-10-12-14-16-18-19-20-21-22-23-24-25-26-27-28-29-30-31-32-33-34-35-36-37-38-39-40-41-43-45-47-49-51-53-60(65)71-58(57-70-62(61(66)67)68-55-54-63(3,4)5)56-69-59(64)52-50-48-46-44-42-17-15-13-11-9-7-2/h8,10,13-16,19-20,22-23,25-26,58,62H,6-7,9,11-12,17-18,21,24,27-57H2,1-5H3/p+1/b10-8-,15-13-,16-14-,20-19-,23-22-,26-25-. The Balaban J connectivity index is 4.02. The molecule has 0 saturated carbocycles. The molecule has 0 fully saturated rings. The molecule has 0 heterocycles. The van der Waals surface area contributed by atoms with Gasteiger partial charge in [-0.1, -0.05) is 228 Å². The minimum Gasteiger partial charge on any atom is -0.477 e. The molecule has 1 N–H and O–H groups in total. The Morgan fingerprint density at radius 2 is 0.803 bits per heavy atom. The first-order valence-corrected chi connectivity index (χ1v) is 29.1. The van der Waals surface area contributed by atoms with Gasteiger partial charge in [-0.3, -0.25) is 9.59 Å². The summed E-state index contributed by atoms with van der Waals surface area (Å²) < 4.78 is 22.8. The van der Waals surface area contributed by atoms with Gasteiger partial charge in [-0.2, -0.15) is 0 Å². The van der Waals surface area contributed by atoms with Gasteiger partial charge < -0.3 is 28.5 Å². The number of likely N-dealkylation sites (N-methyl/N-ethyl adjacent to an activating group) is 1. The van der Waals surface area contributed by atoms with Gasteiger partial charge >= 0.3 is 17.9 Å². The normalized spacial score (nSPS) is 13.3. The van der Waals surface area contributed by atoms with Gasteiger partial charge in [0.05, 0.1) is 34.4 Å². The summed E-state index contributed by atoms with van der Waals surface area (Å²) in [5.41, 5.74) is 0. The zero-order valence-corrected chi connectivity index (χ0v) is 46.6. The van der Waals surface area contributed by atoms with Gasteiger partial charge in [0.2, 0.25) is 0 Å². The fraction of sp³-hybridized carbons (Fsp3) is 0.758. The SMILES string of the molecule is CC/C=C\C/C=C\C/C=C\C/C=C\C/C=C\CCCCCCCCCCCCCCCCCCCCCC(=O)OC(COC(=O)CCCCCCC/C=C\CCCC)COC(OCC[N+](C)(C)C)C(=O)O. The van der Waals surface area contributed by atoms with Crippen molar-refractivity contribution in [2.24, 2.45) is 0 Å². The van der Waals surface area contributed by atoms with Crippen LogP contribution in [0.2, 0.25) is 0 Å². The highest BCUT2D eigenvalue weighted by molar-refractivity contribution is 5.71. The van der Waals surface area contributed by atoms with Gasteiger partial charge in [0, 0.05) is 12.8 Å². The summed E-state index contributed by atoms with van der Waals surface area (Å²) in [5.74, 6) is -2.01. The number of ether oxygens (including phenoxy) is 4. The first kappa shape index (κ1) is 67.7. The number of allylic oxidation sites excluding steroid dienone is 12. The highest BCUT2D eigenvalue weighted by Gasteiger charge is 2.25. The molecular weight excluding hydrogens is 887 g/mol. The number of carbonyl (C=O) groups excluding carboxylic acids is 2. The van der Waals surface area contributed by atoms with Crippen LogP contribution in [0, 0.1) is 0 Å². The molecule has 0 aromatic carbocycles. The second-order valence-corrected chi connectivity index (χ2v) is 20.6. The van der Waals surface area contributed by atoms with Crippen LogP contribution >= 0.6 is 0 Å². The summed E-state index contributed by atoms with van der Waals surface area (Å²) >= 11 is 0. The topological polar surface area (TPSA) is 108 Å². The van der Waals surface area contributed by atoms with Crippen molar-refractivity contribution in [2.75, 3.05) is 47.5 Å². The van der Waals surface area contributed by atoms with Crippen LogP contribution in [0.25, 0.3) is 0 Å². The molecule has 0 bridgehead atoms. The van der Waals surface area contributed by atoms with Crippen molar-refractivity contribution in [2.45, 2.75) is 257 Å². The molecule has 0 radical (unpaired) electrons. The van der Waals surface area contributed by atoms with Crippen molar-refractivity contribution in [3.8, 4) is 0 Å². The number of rotatable bonds is 53. The fourth-order valence-corrected chi connectivity index (χ4v) is 7.96. The number of hydrogen-bond acceptors (Lipinski definition) is 7. The number of unbranched alkanes of at least 4 members (excludes halogenated alkanes) is 26. The smallest absolute Gasteiger partial charge is 0.361 e. The highest BCUT2D eigenvalue weighted by atomic mass is 16.7. The number of hydrogen-bond donors (Lipinski definition) is 1. The second kappa shape index (κ2) is 53.0.